The molecule has 118 valence electrons. The molecule has 1 aromatic heterocycles. The maximum atomic E-state index is 12.2. The number of carbonyl (C=O) groups excluding carboxylic acids is 2. The van der Waals surface area contributed by atoms with Crippen molar-refractivity contribution in [2.75, 3.05) is 0 Å². The first-order valence-electron chi connectivity index (χ1n) is 6.86. The Morgan fingerprint density at radius 3 is 2.61 bits per heavy atom. The van der Waals surface area contributed by atoms with Gasteiger partial charge in [-0.3, -0.25) is 15.2 Å². The fourth-order valence-electron chi connectivity index (χ4n) is 1.88. The van der Waals surface area contributed by atoms with E-state index in [0.29, 0.717) is 22.2 Å². The summed E-state index contributed by atoms with van der Waals surface area (Å²) in [6.07, 6.45) is 0.730. The lowest BCUT2D eigenvalue weighted by Gasteiger charge is -2.19. The van der Waals surface area contributed by atoms with E-state index in [1.54, 1.807) is 39.0 Å². The third-order valence-electron chi connectivity index (χ3n) is 2.78. The normalized spacial score (nSPS) is 10.7. The van der Waals surface area contributed by atoms with E-state index in [1.807, 2.05) is 0 Å². The molecule has 0 fully saturated rings. The van der Waals surface area contributed by atoms with Crippen LogP contribution in [0, 0.1) is 6.57 Å². The van der Waals surface area contributed by atoms with Crippen LogP contribution < -0.4 is 10.9 Å². The van der Waals surface area contributed by atoms with Gasteiger partial charge < -0.3 is 4.74 Å². The van der Waals surface area contributed by atoms with E-state index >= 15 is 0 Å². The van der Waals surface area contributed by atoms with Crippen LogP contribution in [0.2, 0.25) is 0 Å². The molecule has 0 atom stereocenters. The largest absolute Gasteiger partial charge is 0.443 e. The maximum absolute atomic E-state index is 12.2. The van der Waals surface area contributed by atoms with Crippen LogP contribution in [0.4, 0.5) is 10.5 Å². The summed E-state index contributed by atoms with van der Waals surface area (Å²) in [6.45, 7) is 12.2. The summed E-state index contributed by atoms with van der Waals surface area (Å²) in [5.41, 5.74) is 5.10. The van der Waals surface area contributed by atoms with Crippen LogP contribution in [0.1, 0.15) is 31.1 Å². The van der Waals surface area contributed by atoms with E-state index in [1.165, 1.54) is 12.3 Å². The molecule has 0 aliphatic carbocycles. The molecule has 0 bridgehead atoms. The van der Waals surface area contributed by atoms with Gasteiger partial charge in [0.05, 0.1) is 17.7 Å². The average Bonchev–Trinajstić information content (AvgIpc) is 2.49. The van der Waals surface area contributed by atoms with Crippen molar-refractivity contribution in [1.82, 2.24) is 15.8 Å². The highest BCUT2D eigenvalue weighted by Crippen LogP contribution is 2.22. The Kier molecular flexibility index (Phi) is 4.46. The molecule has 7 heteroatoms. The summed E-state index contributed by atoms with van der Waals surface area (Å²) in [7, 11) is 0. The topological polar surface area (TPSA) is 84.7 Å². The van der Waals surface area contributed by atoms with Gasteiger partial charge in [0.15, 0.2) is 5.69 Å². The van der Waals surface area contributed by atoms with Gasteiger partial charge >= 0.3 is 6.09 Å². The van der Waals surface area contributed by atoms with Gasteiger partial charge in [0.1, 0.15) is 5.60 Å². The predicted octanol–water partition coefficient (Wildman–Crippen LogP) is 2.96. The Hall–Kier alpha value is -3.14. The number of amides is 2. The zero-order valence-corrected chi connectivity index (χ0v) is 13.0. The molecule has 0 saturated heterocycles. The third-order valence-corrected chi connectivity index (χ3v) is 2.78. The lowest BCUT2D eigenvalue weighted by Crippen LogP contribution is -2.44. The molecule has 7 nitrogen and oxygen atoms in total. The number of nitrogens with zero attached hydrogens (tertiary/aromatic N) is 2. The fraction of sp³-hybridized carbons (Fsp3) is 0.250. The summed E-state index contributed by atoms with van der Waals surface area (Å²) in [6, 6.07) is 6.39. The number of ether oxygens (including phenoxy) is 1. The maximum Gasteiger partial charge on any atom is 0.426 e. The number of pyridine rings is 1. The third kappa shape index (κ3) is 4.17. The first-order chi connectivity index (χ1) is 10.8. The second kappa shape index (κ2) is 6.32. The van der Waals surface area contributed by atoms with Crippen molar-refractivity contribution in [3.8, 4) is 0 Å². The standard InChI is InChI=1S/C16H16N4O3/c1-16(2,3)23-15(22)20-19-14(21)11-7-8-18-13-6-5-10(17-4)9-12(11)13/h5-9H,1-3H3,(H,19,21)(H,20,22). The molecule has 0 aliphatic heterocycles. The smallest absolute Gasteiger partial charge is 0.426 e. The number of carbonyl (C=O) groups is 2. The van der Waals surface area contributed by atoms with Gasteiger partial charge in [-0.05, 0) is 39.0 Å². The van der Waals surface area contributed by atoms with Crippen molar-refractivity contribution in [1.29, 1.82) is 0 Å². The molecule has 2 rings (SSSR count). The molecular formula is C16H16N4O3. The Morgan fingerprint density at radius 2 is 1.96 bits per heavy atom. The van der Waals surface area contributed by atoms with Crippen LogP contribution in [0.3, 0.4) is 0 Å². The highest BCUT2D eigenvalue weighted by atomic mass is 16.6. The van der Waals surface area contributed by atoms with Crippen LogP contribution in [0.5, 0.6) is 0 Å². The molecule has 0 saturated carbocycles. The molecule has 1 heterocycles. The number of nitrogens with one attached hydrogen (secondary N) is 2. The average molecular weight is 312 g/mol. The van der Waals surface area contributed by atoms with Gasteiger partial charge in [0, 0.05) is 11.6 Å². The molecular weight excluding hydrogens is 296 g/mol. The predicted molar refractivity (Wildman–Crippen MR) is 84.8 cm³/mol. The number of benzene rings is 1. The van der Waals surface area contributed by atoms with Gasteiger partial charge in [-0.2, -0.15) is 0 Å². The number of fused-ring (bicyclic) bond motifs is 1. The zero-order chi connectivity index (χ0) is 17.0. The van der Waals surface area contributed by atoms with Gasteiger partial charge in [-0.15, -0.1) is 0 Å². The Labute approximate surface area is 133 Å². The Balaban J connectivity index is 2.18. The quantitative estimate of drug-likeness (QED) is 0.626. The molecule has 2 N–H and O–H groups in total. The van der Waals surface area contributed by atoms with Crippen molar-refractivity contribution in [2.24, 2.45) is 0 Å². The minimum absolute atomic E-state index is 0.302. The summed E-state index contributed by atoms with van der Waals surface area (Å²) in [4.78, 5) is 31.3. The Bertz CT molecular complexity index is 803. The monoisotopic (exact) mass is 312 g/mol. The van der Waals surface area contributed by atoms with Crippen LogP contribution in [-0.4, -0.2) is 22.6 Å². The second-order valence-electron chi connectivity index (χ2n) is 5.75. The van der Waals surface area contributed by atoms with E-state index in [-0.39, 0.29) is 0 Å². The molecule has 0 aliphatic rings. The molecule has 1 aromatic carbocycles. The lowest BCUT2D eigenvalue weighted by atomic mass is 10.1. The van der Waals surface area contributed by atoms with Crippen LogP contribution in [0.15, 0.2) is 30.5 Å². The number of hydrazine groups is 1. The van der Waals surface area contributed by atoms with Crippen molar-refractivity contribution in [2.45, 2.75) is 26.4 Å². The first kappa shape index (κ1) is 16.2. The highest BCUT2D eigenvalue weighted by molar-refractivity contribution is 6.07. The van der Waals surface area contributed by atoms with Crippen molar-refractivity contribution >= 4 is 28.6 Å². The molecule has 2 aromatic rings. The molecule has 0 unspecified atom stereocenters. The molecule has 0 radical (unpaired) electrons. The van der Waals surface area contributed by atoms with Gasteiger partial charge in [0.2, 0.25) is 0 Å². The van der Waals surface area contributed by atoms with E-state index < -0.39 is 17.6 Å². The van der Waals surface area contributed by atoms with Crippen LogP contribution >= 0.6 is 0 Å². The summed E-state index contributed by atoms with van der Waals surface area (Å²) in [5, 5.41) is 0.532. The van der Waals surface area contributed by atoms with Crippen molar-refractivity contribution in [3.05, 3.63) is 47.4 Å². The summed E-state index contributed by atoms with van der Waals surface area (Å²) < 4.78 is 5.03. The van der Waals surface area contributed by atoms with Gasteiger partial charge in [-0.25, -0.2) is 15.1 Å². The number of aromatic nitrogens is 1. The van der Waals surface area contributed by atoms with Crippen molar-refractivity contribution < 1.29 is 14.3 Å². The Morgan fingerprint density at radius 1 is 1.22 bits per heavy atom. The second-order valence-corrected chi connectivity index (χ2v) is 5.75. The van der Waals surface area contributed by atoms with Crippen LogP contribution in [-0.2, 0) is 4.74 Å². The first-order valence-corrected chi connectivity index (χ1v) is 6.86. The minimum Gasteiger partial charge on any atom is -0.443 e. The SMILES string of the molecule is [C-]#[N+]c1ccc2nccc(C(=O)NNC(=O)OC(C)(C)C)c2c1. The molecule has 0 spiro atoms. The van der Waals surface area contributed by atoms with E-state index in [2.05, 4.69) is 20.7 Å². The molecule has 2 amide bonds. The molecule has 23 heavy (non-hydrogen) atoms. The van der Waals surface area contributed by atoms with E-state index in [4.69, 9.17) is 11.3 Å². The van der Waals surface area contributed by atoms with Gasteiger partial charge in [0.25, 0.3) is 5.91 Å². The van der Waals surface area contributed by atoms with E-state index in [9.17, 15) is 9.59 Å². The van der Waals surface area contributed by atoms with Crippen molar-refractivity contribution in [3.63, 3.8) is 0 Å². The summed E-state index contributed by atoms with van der Waals surface area (Å²) >= 11 is 0. The van der Waals surface area contributed by atoms with E-state index in [0.717, 1.165) is 0 Å². The zero-order valence-electron chi connectivity index (χ0n) is 13.0. The number of hydrogen-bond acceptors (Lipinski definition) is 4. The number of rotatable bonds is 1. The minimum atomic E-state index is -0.758. The highest BCUT2D eigenvalue weighted by Gasteiger charge is 2.17. The van der Waals surface area contributed by atoms with Crippen LogP contribution in [0.25, 0.3) is 15.7 Å². The van der Waals surface area contributed by atoms with Gasteiger partial charge in [-0.1, -0.05) is 6.07 Å². The summed E-state index contributed by atoms with van der Waals surface area (Å²) in [5.74, 6) is -0.523. The lowest BCUT2D eigenvalue weighted by molar-refractivity contribution is 0.0483. The fourth-order valence-corrected chi connectivity index (χ4v) is 1.88. The number of hydrogen-bond donors (Lipinski definition) is 2.